The summed E-state index contributed by atoms with van der Waals surface area (Å²) in [4.78, 5) is 12.4. The van der Waals surface area contributed by atoms with Crippen LogP contribution in [0.1, 0.15) is 49.6 Å². The molecule has 0 saturated carbocycles. The maximum atomic E-state index is 12.4. The van der Waals surface area contributed by atoms with Crippen molar-refractivity contribution in [3.63, 3.8) is 0 Å². The van der Waals surface area contributed by atoms with Crippen LogP contribution in [0.15, 0.2) is 59.2 Å². The number of carbonyl (C=O) groups is 1. The first-order chi connectivity index (χ1) is 12.3. The van der Waals surface area contributed by atoms with E-state index in [-0.39, 0.29) is 5.91 Å². The normalized spacial score (nSPS) is 10.9. The molecule has 3 aromatic rings. The van der Waals surface area contributed by atoms with Crippen molar-refractivity contribution in [3.05, 3.63) is 60.6 Å². The molecule has 3 rings (SSSR count). The molecule has 1 heterocycles. The Bertz CT molecular complexity index is 820. The van der Waals surface area contributed by atoms with E-state index in [2.05, 4.69) is 30.4 Å². The van der Waals surface area contributed by atoms with Crippen LogP contribution in [0.5, 0.6) is 0 Å². The zero-order valence-electron chi connectivity index (χ0n) is 14.8. The molecule has 0 aliphatic carbocycles. The molecule has 3 heteroatoms. The molecule has 1 aromatic heterocycles. The third-order valence-electron chi connectivity index (χ3n) is 4.48. The summed E-state index contributed by atoms with van der Waals surface area (Å²) in [5, 5.41) is 4.78. The fourth-order valence-electron chi connectivity index (χ4n) is 3.05. The van der Waals surface area contributed by atoms with Gasteiger partial charge in [-0.1, -0.05) is 69.0 Å². The van der Waals surface area contributed by atoms with E-state index in [4.69, 9.17) is 4.42 Å². The van der Waals surface area contributed by atoms with E-state index in [1.54, 1.807) is 6.26 Å². The van der Waals surface area contributed by atoms with Gasteiger partial charge < -0.3 is 9.73 Å². The first kappa shape index (κ1) is 17.3. The molecule has 0 aliphatic heterocycles. The highest BCUT2D eigenvalue weighted by Crippen LogP contribution is 2.27. The van der Waals surface area contributed by atoms with Crippen LogP contribution in [-0.2, 0) is 0 Å². The van der Waals surface area contributed by atoms with Crippen molar-refractivity contribution in [2.75, 3.05) is 6.54 Å². The number of amides is 1. The van der Waals surface area contributed by atoms with Crippen LogP contribution in [0.2, 0.25) is 0 Å². The van der Waals surface area contributed by atoms with Crippen LogP contribution in [0, 0.1) is 0 Å². The summed E-state index contributed by atoms with van der Waals surface area (Å²) in [6.07, 6.45) is 7.57. The second-order valence-corrected chi connectivity index (χ2v) is 6.40. The Morgan fingerprint density at radius 2 is 1.76 bits per heavy atom. The van der Waals surface area contributed by atoms with Gasteiger partial charge in [0, 0.05) is 17.3 Å². The van der Waals surface area contributed by atoms with Gasteiger partial charge in [-0.2, -0.15) is 0 Å². The molecule has 0 fully saturated rings. The Kier molecular flexibility index (Phi) is 5.89. The number of hydrogen-bond donors (Lipinski definition) is 1. The Morgan fingerprint density at radius 1 is 0.960 bits per heavy atom. The van der Waals surface area contributed by atoms with Crippen molar-refractivity contribution in [1.82, 2.24) is 5.32 Å². The van der Waals surface area contributed by atoms with Gasteiger partial charge in [-0.25, -0.2) is 0 Å². The van der Waals surface area contributed by atoms with Crippen LogP contribution in [-0.4, -0.2) is 12.5 Å². The van der Waals surface area contributed by atoms with Crippen LogP contribution in [0.25, 0.3) is 21.9 Å². The van der Waals surface area contributed by atoms with E-state index in [1.165, 1.54) is 19.3 Å². The van der Waals surface area contributed by atoms with Gasteiger partial charge in [-0.05, 0) is 29.7 Å². The van der Waals surface area contributed by atoms with Crippen molar-refractivity contribution >= 4 is 16.7 Å². The molecule has 0 unspecified atom stereocenters. The number of furan rings is 1. The van der Waals surface area contributed by atoms with Gasteiger partial charge in [-0.3, -0.25) is 4.79 Å². The highest BCUT2D eigenvalue weighted by Gasteiger charge is 2.14. The molecule has 1 N–H and O–H groups in total. The smallest absolute Gasteiger partial charge is 0.287 e. The predicted octanol–water partition coefficient (Wildman–Crippen LogP) is 5.80. The lowest BCUT2D eigenvalue weighted by Gasteiger charge is -2.04. The van der Waals surface area contributed by atoms with Crippen molar-refractivity contribution in [2.45, 2.75) is 39.0 Å². The molecule has 0 bridgehead atoms. The molecule has 25 heavy (non-hydrogen) atoms. The number of fused-ring (bicyclic) bond motifs is 1. The number of hydrogen-bond acceptors (Lipinski definition) is 2. The predicted molar refractivity (Wildman–Crippen MR) is 103 cm³/mol. The minimum absolute atomic E-state index is 0.127. The van der Waals surface area contributed by atoms with E-state index in [0.29, 0.717) is 12.3 Å². The Morgan fingerprint density at radius 3 is 2.56 bits per heavy atom. The number of benzene rings is 2. The molecular weight excluding hydrogens is 310 g/mol. The Hall–Kier alpha value is -2.55. The molecule has 2 aromatic carbocycles. The summed E-state index contributed by atoms with van der Waals surface area (Å²) in [6.45, 7) is 2.90. The summed E-state index contributed by atoms with van der Waals surface area (Å²) in [5.41, 5.74) is 2.28. The summed E-state index contributed by atoms with van der Waals surface area (Å²) >= 11 is 0. The number of rotatable bonds is 8. The minimum Gasteiger partial charge on any atom is -0.458 e. The SMILES string of the molecule is CCCCCCCNC(=O)c1occ2cc(-c3ccccc3)ccc12. The zero-order valence-corrected chi connectivity index (χ0v) is 14.8. The van der Waals surface area contributed by atoms with Crippen molar-refractivity contribution < 1.29 is 9.21 Å². The lowest BCUT2D eigenvalue weighted by Crippen LogP contribution is -2.24. The van der Waals surface area contributed by atoms with Gasteiger partial charge in [-0.15, -0.1) is 0 Å². The lowest BCUT2D eigenvalue weighted by molar-refractivity contribution is 0.0927. The van der Waals surface area contributed by atoms with E-state index >= 15 is 0 Å². The molecule has 1 amide bonds. The maximum absolute atomic E-state index is 12.4. The molecule has 0 atom stereocenters. The third kappa shape index (κ3) is 4.30. The third-order valence-corrected chi connectivity index (χ3v) is 4.48. The van der Waals surface area contributed by atoms with Gasteiger partial charge in [0.25, 0.3) is 5.91 Å². The summed E-state index contributed by atoms with van der Waals surface area (Å²) in [7, 11) is 0. The maximum Gasteiger partial charge on any atom is 0.287 e. The summed E-state index contributed by atoms with van der Waals surface area (Å²) < 4.78 is 5.55. The molecule has 0 spiro atoms. The van der Waals surface area contributed by atoms with Gasteiger partial charge >= 0.3 is 0 Å². The van der Waals surface area contributed by atoms with Crippen molar-refractivity contribution in [2.24, 2.45) is 0 Å². The fraction of sp³-hybridized carbons (Fsp3) is 0.318. The Balaban J connectivity index is 1.66. The second kappa shape index (κ2) is 8.52. The highest BCUT2D eigenvalue weighted by molar-refractivity contribution is 6.05. The van der Waals surface area contributed by atoms with Crippen LogP contribution < -0.4 is 5.32 Å². The summed E-state index contributed by atoms with van der Waals surface area (Å²) in [6, 6.07) is 16.3. The van der Waals surface area contributed by atoms with Gasteiger partial charge in [0.1, 0.15) is 0 Å². The largest absolute Gasteiger partial charge is 0.458 e. The standard InChI is InChI=1S/C22H25NO2/c1-2-3-4-5-9-14-23-22(24)21-20-13-12-18(15-19(20)16-25-21)17-10-7-6-8-11-17/h6-8,10-13,15-16H,2-5,9,14H2,1H3,(H,23,24). The quantitative estimate of drug-likeness (QED) is 0.529. The van der Waals surface area contributed by atoms with Crippen molar-refractivity contribution in [1.29, 1.82) is 0 Å². The summed E-state index contributed by atoms with van der Waals surface area (Å²) in [5.74, 6) is 0.279. The van der Waals surface area contributed by atoms with Crippen LogP contribution >= 0.6 is 0 Å². The zero-order chi connectivity index (χ0) is 17.5. The van der Waals surface area contributed by atoms with E-state index in [1.807, 2.05) is 30.3 Å². The van der Waals surface area contributed by atoms with E-state index in [0.717, 1.165) is 34.7 Å². The van der Waals surface area contributed by atoms with E-state index in [9.17, 15) is 4.79 Å². The Labute approximate surface area is 149 Å². The van der Waals surface area contributed by atoms with Crippen molar-refractivity contribution in [3.8, 4) is 11.1 Å². The topological polar surface area (TPSA) is 42.2 Å². The molecule has 3 nitrogen and oxygen atoms in total. The highest BCUT2D eigenvalue weighted by atomic mass is 16.3. The van der Waals surface area contributed by atoms with Gasteiger partial charge in [0.05, 0.1) is 6.26 Å². The first-order valence-corrected chi connectivity index (χ1v) is 9.14. The first-order valence-electron chi connectivity index (χ1n) is 9.14. The molecular formula is C22H25NO2. The molecule has 0 aliphatic rings. The average molecular weight is 335 g/mol. The molecule has 130 valence electrons. The van der Waals surface area contributed by atoms with Crippen LogP contribution in [0.3, 0.4) is 0 Å². The fourth-order valence-corrected chi connectivity index (χ4v) is 3.05. The van der Waals surface area contributed by atoms with Crippen LogP contribution in [0.4, 0.5) is 0 Å². The number of carbonyl (C=O) groups excluding carboxylic acids is 1. The van der Waals surface area contributed by atoms with E-state index < -0.39 is 0 Å². The monoisotopic (exact) mass is 335 g/mol. The molecule has 0 radical (unpaired) electrons. The average Bonchev–Trinajstić information content (AvgIpc) is 3.08. The number of nitrogens with one attached hydrogen (secondary N) is 1. The molecule has 0 saturated heterocycles. The van der Waals surface area contributed by atoms with Gasteiger partial charge in [0.2, 0.25) is 0 Å². The minimum atomic E-state index is -0.127. The number of unbranched alkanes of at least 4 members (excludes halogenated alkanes) is 4. The van der Waals surface area contributed by atoms with Gasteiger partial charge in [0.15, 0.2) is 5.76 Å². The second-order valence-electron chi connectivity index (χ2n) is 6.40. The lowest BCUT2D eigenvalue weighted by atomic mass is 10.0.